The zero-order chi connectivity index (χ0) is 17.3. The molecule has 0 aromatic heterocycles. The van der Waals surface area contributed by atoms with E-state index in [4.69, 9.17) is 4.74 Å². The Morgan fingerprint density at radius 3 is 2.58 bits per heavy atom. The second kappa shape index (κ2) is 6.11. The second-order valence-corrected chi connectivity index (χ2v) is 5.26. The lowest BCUT2D eigenvalue weighted by Gasteiger charge is -2.15. The maximum absolute atomic E-state index is 12.5. The summed E-state index contributed by atoms with van der Waals surface area (Å²) in [4.78, 5) is 36.0. The molecule has 122 valence electrons. The first-order chi connectivity index (χ1) is 11.5. The van der Waals surface area contributed by atoms with Crippen LogP contribution < -0.4 is 4.90 Å². The molecule has 1 aliphatic rings. The summed E-state index contributed by atoms with van der Waals surface area (Å²) in [6.45, 7) is 2.28. The third-order valence-corrected chi connectivity index (χ3v) is 3.79. The van der Waals surface area contributed by atoms with Crippen molar-refractivity contribution in [2.75, 3.05) is 11.5 Å². The smallest absolute Gasteiger partial charge is 0.338 e. The van der Waals surface area contributed by atoms with Crippen molar-refractivity contribution < 1.29 is 19.2 Å². The number of carbonyl (C=O) groups is 2. The van der Waals surface area contributed by atoms with Gasteiger partial charge in [0.15, 0.2) is 0 Å². The minimum atomic E-state index is -0.485. The molecule has 0 spiro atoms. The Morgan fingerprint density at radius 2 is 1.96 bits per heavy atom. The number of hydrogen-bond acceptors (Lipinski definition) is 5. The number of esters is 1. The molecule has 3 rings (SSSR count). The van der Waals surface area contributed by atoms with Crippen LogP contribution in [-0.2, 0) is 11.3 Å². The van der Waals surface area contributed by atoms with Crippen molar-refractivity contribution >= 4 is 23.3 Å². The van der Waals surface area contributed by atoms with E-state index in [1.165, 1.54) is 23.1 Å². The lowest BCUT2D eigenvalue weighted by molar-refractivity contribution is -0.384. The molecule has 7 nitrogen and oxygen atoms in total. The van der Waals surface area contributed by atoms with Crippen LogP contribution in [0.25, 0.3) is 0 Å². The molecule has 1 heterocycles. The molecule has 0 unspecified atom stereocenters. The van der Waals surface area contributed by atoms with Gasteiger partial charge in [0.05, 0.1) is 23.6 Å². The van der Waals surface area contributed by atoms with E-state index in [9.17, 15) is 19.7 Å². The fourth-order valence-corrected chi connectivity index (χ4v) is 2.62. The molecule has 24 heavy (non-hydrogen) atoms. The van der Waals surface area contributed by atoms with Crippen molar-refractivity contribution in [3.8, 4) is 0 Å². The first kappa shape index (κ1) is 15.7. The summed E-state index contributed by atoms with van der Waals surface area (Å²) in [7, 11) is 0. The summed E-state index contributed by atoms with van der Waals surface area (Å²) in [5.41, 5.74) is 2.05. The van der Waals surface area contributed by atoms with Gasteiger partial charge in [0, 0.05) is 23.4 Å². The van der Waals surface area contributed by atoms with Crippen molar-refractivity contribution in [2.24, 2.45) is 0 Å². The number of non-ortho nitro benzene ring substituents is 1. The molecule has 0 aliphatic carbocycles. The lowest BCUT2D eigenvalue weighted by Crippen LogP contribution is -2.23. The molecule has 0 fully saturated rings. The molecule has 0 saturated carbocycles. The lowest BCUT2D eigenvalue weighted by atomic mass is 10.1. The maximum Gasteiger partial charge on any atom is 0.338 e. The Morgan fingerprint density at radius 1 is 1.25 bits per heavy atom. The molecule has 0 N–H and O–H groups in total. The number of benzene rings is 2. The van der Waals surface area contributed by atoms with E-state index in [-0.39, 0.29) is 18.1 Å². The van der Waals surface area contributed by atoms with Gasteiger partial charge in [-0.3, -0.25) is 14.9 Å². The maximum atomic E-state index is 12.5. The highest BCUT2D eigenvalue weighted by Crippen LogP contribution is 2.30. The first-order valence-corrected chi connectivity index (χ1v) is 7.37. The summed E-state index contributed by atoms with van der Waals surface area (Å²) in [5.74, 6) is -0.639. The molecule has 7 heteroatoms. The van der Waals surface area contributed by atoms with E-state index < -0.39 is 10.9 Å². The van der Waals surface area contributed by atoms with Gasteiger partial charge in [0.1, 0.15) is 0 Å². The molecular weight excluding hydrogens is 312 g/mol. The van der Waals surface area contributed by atoms with Crippen LogP contribution in [0.5, 0.6) is 0 Å². The predicted octanol–water partition coefficient (Wildman–Crippen LogP) is 2.93. The summed E-state index contributed by atoms with van der Waals surface area (Å²) >= 11 is 0. The topological polar surface area (TPSA) is 89.8 Å². The quantitative estimate of drug-likeness (QED) is 0.489. The Bertz CT molecular complexity index is 829. The fraction of sp³-hybridized carbons (Fsp3) is 0.176. The average molecular weight is 326 g/mol. The molecule has 0 radical (unpaired) electrons. The van der Waals surface area contributed by atoms with Gasteiger partial charge in [-0.2, -0.15) is 0 Å². The van der Waals surface area contributed by atoms with Gasteiger partial charge >= 0.3 is 5.97 Å². The number of fused-ring (bicyclic) bond motifs is 1. The van der Waals surface area contributed by atoms with Crippen molar-refractivity contribution in [2.45, 2.75) is 13.5 Å². The van der Waals surface area contributed by atoms with Gasteiger partial charge in [-0.05, 0) is 42.8 Å². The van der Waals surface area contributed by atoms with Crippen LogP contribution in [0, 0.1) is 10.1 Å². The monoisotopic (exact) mass is 326 g/mol. The first-order valence-electron chi connectivity index (χ1n) is 7.37. The van der Waals surface area contributed by atoms with Crippen LogP contribution in [-0.4, -0.2) is 23.4 Å². The standard InChI is InChI=1S/C17H14N2O5/c1-2-24-17(21)11-3-5-13(6-4-11)18-10-12-9-14(19(22)23)7-8-15(12)16(18)20/h3-9H,2,10H2,1H3. The summed E-state index contributed by atoms with van der Waals surface area (Å²) < 4.78 is 4.92. The molecule has 1 aliphatic heterocycles. The summed E-state index contributed by atoms with van der Waals surface area (Å²) in [6.07, 6.45) is 0. The number of carbonyl (C=O) groups excluding carboxylic acids is 2. The Kier molecular flexibility index (Phi) is 3.99. The minimum absolute atomic E-state index is 0.0407. The third-order valence-electron chi connectivity index (χ3n) is 3.79. The highest BCUT2D eigenvalue weighted by Gasteiger charge is 2.30. The molecule has 0 atom stereocenters. The van der Waals surface area contributed by atoms with Crippen LogP contribution in [0.3, 0.4) is 0 Å². The van der Waals surface area contributed by atoms with Crippen molar-refractivity contribution in [3.05, 3.63) is 69.3 Å². The molecule has 1 amide bonds. The van der Waals surface area contributed by atoms with E-state index in [0.29, 0.717) is 29.0 Å². The van der Waals surface area contributed by atoms with Crippen LogP contribution in [0.2, 0.25) is 0 Å². The largest absolute Gasteiger partial charge is 0.462 e. The van der Waals surface area contributed by atoms with Crippen molar-refractivity contribution in [3.63, 3.8) is 0 Å². The molecule has 2 aromatic rings. The normalized spacial score (nSPS) is 12.9. The summed E-state index contributed by atoms with van der Waals surface area (Å²) in [5, 5.41) is 10.9. The number of nitrogens with zero attached hydrogens (tertiary/aromatic N) is 2. The predicted molar refractivity (Wildman–Crippen MR) is 86.0 cm³/mol. The number of anilines is 1. The molecule has 0 saturated heterocycles. The zero-order valence-corrected chi connectivity index (χ0v) is 12.9. The van der Waals surface area contributed by atoms with Gasteiger partial charge in [0.2, 0.25) is 0 Å². The second-order valence-electron chi connectivity index (χ2n) is 5.26. The van der Waals surface area contributed by atoms with Gasteiger partial charge in [-0.15, -0.1) is 0 Å². The zero-order valence-electron chi connectivity index (χ0n) is 12.9. The van der Waals surface area contributed by atoms with E-state index in [2.05, 4.69) is 0 Å². The Labute approximate surface area is 137 Å². The number of rotatable bonds is 4. The SMILES string of the molecule is CCOC(=O)c1ccc(N2Cc3cc([N+](=O)[O-])ccc3C2=O)cc1. The highest BCUT2D eigenvalue weighted by molar-refractivity contribution is 6.10. The molecule has 2 aromatic carbocycles. The van der Waals surface area contributed by atoms with Crippen molar-refractivity contribution in [1.29, 1.82) is 0 Å². The van der Waals surface area contributed by atoms with Gasteiger partial charge < -0.3 is 9.64 Å². The van der Waals surface area contributed by atoms with Crippen molar-refractivity contribution in [1.82, 2.24) is 0 Å². The number of ether oxygens (including phenoxy) is 1. The Hall–Kier alpha value is -3.22. The van der Waals surface area contributed by atoms with Gasteiger partial charge in [-0.1, -0.05) is 0 Å². The van der Waals surface area contributed by atoms with Crippen LogP contribution >= 0.6 is 0 Å². The number of nitro benzene ring substituents is 1. The number of hydrogen-bond donors (Lipinski definition) is 0. The number of amides is 1. The Balaban J connectivity index is 1.85. The van der Waals surface area contributed by atoms with Gasteiger partial charge in [-0.25, -0.2) is 4.79 Å². The van der Waals surface area contributed by atoms with E-state index in [1.807, 2.05) is 0 Å². The highest BCUT2D eigenvalue weighted by atomic mass is 16.6. The summed E-state index contributed by atoms with van der Waals surface area (Å²) in [6, 6.07) is 10.7. The molecular formula is C17H14N2O5. The van der Waals surface area contributed by atoms with Crippen LogP contribution in [0.4, 0.5) is 11.4 Å². The third kappa shape index (κ3) is 2.71. The average Bonchev–Trinajstić information content (AvgIpc) is 2.91. The van der Waals surface area contributed by atoms with Gasteiger partial charge in [0.25, 0.3) is 11.6 Å². The van der Waals surface area contributed by atoms with E-state index in [0.717, 1.165) is 0 Å². The molecule has 0 bridgehead atoms. The minimum Gasteiger partial charge on any atom is -0.462 e. The van der Waals surface area contributed by atoms with Crippen LogP contribution in [0.15, 0.2) is 42.5 Å². The van der Waals surface area contributed by atoms with Crippen LogP contribution in [0.1, 0.15) is 33.2 Å². The van der Waals surface area contributed by atoms with E-state index in [1.54, 1.807) is 31.2 Å². The van der Waals surface area contributed by atoms with E-state index >= 15 is 0 Å². The fourth-order valence-electron chi connectivity index (χ4n) is 2.62. The number of nitro groups is 1.